The number of aromatic nitrogens is 1. The first kappa shape index (κ1) is 13.0. The molecule has 6 heteroatoms. The van der Waals surface area contributed by atoms with Crippen molar-refractivity contribution in [1.82, 2.24) is 9.88 Å². The first-order valence-electron chi connectivity index (χ1n) is 5.19. The molecule has 1 heterocycles. The van der Waals surface area contributed by atoms with Gasteiger partial charge >= 0.3 is 0 Å². The molecule has 0 aliphatic heterocycles. The highest BCUT2D eigenvalue weighted by molar-refractivity contribution is 5.94. The fourth-order valence-electron chi connectivity index (χ4n) is 1.37. The Morgan fingerprint density at radius 3 is 2.94 bits per heavy atom. The van der Waals surface area contributed by atoms with Gasteiger partial charge in [0.05, 0.1) is 5.56 Å². The van der Waals surface area contributed by atoms with E-state index in [1.54, 1.807) is 25.4 Å². The zero-order valence-corrected chi connectivity index (χ0v) is 9.87. The molecule has 1 amide bonds. The third-order valence-electron chi connectivity index (χ3n) is 2.52. The van der Waals surface area contributed by atoms with Gasteiger partial charge in [0.15, 0.2) is 0 Å². The third-order valence-corrected chi connectivity index (χ3v) is 2.52. The van der Waals surface area contributed by atoms with Crippen molar-refractivity contribution in [2.75, 3.05) is 7.05 Å². The molecule has 92 valence electrons. The lowest BCUT2D eigenvalue weighted by Crippen LogP contribution is -2.37. The molecular weight excluding hydrogens is 220 g/mol. The lowest BCUT2D eigenvalue weighted by molar-refractivity contribution is 0.0746. The summed E-state index contributed by atoms with van der Waals surface area (Å²) in [5, 5.41) is 11.4. The van der Waals surface area contributed by atoms with Crippen molar-refractivity contribution in [3.63, 3.8) is 0 Å². The summed E-state index contributed by atoms with van der Waals surface area (Å²) in [6.45, 7) is 1.83. The Bertz CT molecular complexity index is 405. The van der Waals surface area contributed by atoms with Crippen LogP contribution in [0.2, 0.25) is 0 Å². The van der Waals surface area contributed by atoms with Crippen molar-refractivity contribution in [3.8, 4) is 0 Å². The molecule has 1 aromatic heterocycles. The minimum Gasteiger partial charge on any atom is -0.409 e. The van der Waals surface area contributed by atoms with Crippen LogP contribution >= 0.6 is 0 Å². The molecule has 6 nitrogen and oxygen atoms in total. The second-order valence-electron chi connectivity index (χ2n) is 3.80. The van der Waals surface area contributed by atoms with Crippen LogP contribution in [-0.4, -0.2) is 39.9 Å². The van der Waals surface area contributed by atoms with Crippen LogP contribution in [-0.2, 0) is 0 Å². The molecule has 1 atom stereocenters. The molecule has 0 saturated carbocycles. The van der Waals surface area contributed by atoms with Crippen LogP contribution in [0.4, 0.5) is 0 Å². The molecule has 0 aliphatic carbocycles. The number of nitrogens with two attached hydrogens (primary N) is 1. The predicted molar refractivity (Wildman–Crippen MR) is 63.8 cm³/mol. The molecule has 1 unspecified atom stereocenters. The van der Waals surface area contributed by atoms with E-state index >= 15 is 0 Å². The summed E-state index contributed by atoms with van der Waals surface area (Å²) >= 11 is 0. The molecule has 0 radical (unpaired) electrons. The largest absolute Gasteiger partial charge is 0.409 e. The van der Waals surface area contributed by atoms with E-state index in [9.17, 15) is 4.79 Å². The number of nitrogens with zero attached hydrogens (tertiary/aromatic N) is 3. The van der Waals surface area contributed by atoms with E-state index in [0.717, 1.165) is 0 Å². The normalized spacial score (nSPS) is 13.2. The second-order valence-corrected chi connectivity index (χ2v) is 3.80. The van der Waals surface area contributed by atoms with E-state index in [1.165, 1.54) is 11.1 Å². The maximum Gasteiger partial charge on any atom is 0.255 e. The summed E-state index contributed by atoms with van der Waals surface area (Å²) in [7, 11) is 1.67. The Labute approximate surface area is 99.7 Å². The summed E-state index contributed by atoms with van der Waals surface area (Å²) in [6.07, 6.45) is 3.44. The molecule has 1 rings (SSSR count). The van der Waals surface area contributed by atoms with E-state index in [2.05, 4.69) is 10.1 Å². The predicted octanol–water partition coefficient (Wildman–Crippen LogP) is 0.679. The molecular formula is C11H16N4O2. The third kappa shape index (κ3) is 3.44. The fourth-order valence-corrected chi connectivity index (χ4v) is 1.37. The number of carbonyl (C=O) groups is 1. The van der Waals surface area contributed by atoms with Gasteiger partial charge in [-0.1, -0.05) is 5.16 Å². The Morgan fingerprint density at radius 1 is 1.71 bits per heavy atom. The van der Waals surface area contributed by atoms with Crippen LogP contribution in [0.3, 0.4) is 0 Å². The molecule has 0 fully saturated rings. The van der Waals surface area contributed by atoms with Gasteiger partial charge in [-0.2, -0.15) is 0 Å². The molecule has 17 heavy (non-hydrogen) atoms. The van der Waals surface area contributed by atoms with Crippen LogP contribution in [0.1, 0.15) is 23.7 Å². The van der Waals surface area contributed by atoms with Crippen LogP contribution in [0.5, 0.6) is 0 Å². The van der Waals surface area contributed by atoms with Gasteiger partial charge in [-0.15, -0.1) is 0 Å². The van der Waals surface area contributed by atoms with E-state index in [1.807, 2.05) is 6.92 Å². The molecule has 0 bridgehead atoms. The van der Waals surface area contributed by atoms with Gasteiger partial charge in [0, 0.05) is 31.9 Å². The molecule has 0 spiro atoms. The maximum atomic E-state index is 12.0. The number of oxime groups is 1. The van der Waals surface area contributed by atoms with Crippen molar-refractivity contribution in [3.05, 3.63) is 30.1 Å². The average Bonchev–Trinajstić information content (AvgIpc) is 2.37. The van der Waals surface area contributed by atoms with Gasteiger partial charge in [0.1, 0.15) is 5.84 Å². The fraction of sp³-hybridized carbons (Fsp3) is 0.364. The number of hydrogen-bond donors (Lipinski definition) is 2. The number of hydrogen-bond acceptors (Lipinski definition) is 4. The summed E-state index contributed by atoms with van der Waals surface area (Å²) in [5.74, 6) is -0.0420. The van der Waals surface area contributed by atoms with E-state index < -0.39 is 0 Å². The first-order chi connectivity index (χ1) is 8.06. The van der Waals surface area contributed by atoms with Gasteiger partial charge in [0.2, 0.25) is 0 Å². The van der Waals surface area contributed by atoms with Crippen LogP contribution in [0.25, 0.3) is 0 Å². The minimum absolute atomic E-state index is 0.100. The van der Waals surface area contributed by atoms with Crippen LogP contribution in [0, 0.1) is 0 Å². The monoisotopic (exact) mass is 236 g/mol. The van der Waals surface area contributed by atoms with E-state index in [4.69, 9.17) is 10.9 Å². The zero-order chi connectivity index (χ0) is 12.8. The average molecular weight is 236 g/mol. The number of rotatable bonds is 4. The molecule has 0 aromatic carbocycles. The highest BCUT2D eigenvalue weighted by atomic mass is 16.4. The molecule has 1 aromatic rings. The van der Waals surface area contributed by atoms with Crippen molar-refractivity contribution in [1.29, 1.82) is 0 Å². The van der Waals surface area contributed by atoms with Gasteiger partial charge in [0.25, 0.3) is 5.91 Å². The Balaban J connectivity index is 2.70. The standard InChI is InChI=1S/C11H16N4O2/c1-8(6-10(12)14-17)15(2)11(16)9-4-3-5-13-7-9/h3-5,7-8,17H,6H2,1-2H3,(H2,12,14). The maximum absolute atomic E-state index is 12.0. The summed E-state index contributed by atoms with van der Waals surface area (Å²) in [5.41, 5.74) is 5.92. The van der Waals surface area contributed by atoms with Crippen LogP contribution < -0.4 is 5.73 Å². The topological polar surface area (TPSA) is 91.8 Å². The number of amides is 1. The van der Waals surface area contributed by atoms with Gasteiger partial charge in [-0.25, -0.2) is 0 Å². The highest BCUT2D eigenvalue weighted by Gasteiger charge is 2.18. The van der Waals surface area contributed by atoms with Crippen molar-refractivity contribution in [2.24, 2.45) is 10.9 Å². The Morgan fingerprint density at radius 2 is 2.41 bits per heavy atom. The smallest absolute Gasteiger partial charge is 0.255 e. The first-order valence-corrected chi connectivity index (χ1v) is 5.19. The Kier molecular flexibility index (Phi) is 4.45. The lowest BCUT2D eigenvalue weighted by Gasteiger charge is -2.24. The molecule has 0 saturated heterocycles. The van der Waals surface area contributed by atoms with Crippen LogP contribution in [0.15, 0.2) is 29.7 Å². The number of amidine groups is 1. The van der Waals surface area contributed by atoms with E-state index in [-0.39, 0.29) is 17.8 Å². The van der Waals surface area contributed by atoms with Crippen molar-refractivity contribution < 1.29 is 10.0 Å². The summed E-state index contributed by atoms with van der Waals surface area (Å²) in [4.78, 5) is 17.4. The second kappa shape index (κ2) is 5.83. The van der Waals surface area contributed by atoms with Gasteiger partial charge < -0.3 is 15.8 Å². The lowest BCUT2D eigenvalue weighted by atomic mass is 10.1. The summed E-state index contributed by atoms with van der Waals surface area (Å²) < 4.78 is 0. The van der Waals surface area contributed by atoms with Gasteiger partial charge in [-0.3, -0.25) is 9.78 Å². The number of pyridine rings is 1. The van der Waals surface area contributed by atoms with E-state index in [0.29, 0.717) is 12.0 Å². The number of carbonyl (C=O) groups excluding carboxylic acids is 1. The van der Waals surface area contributed by atoms with Crippen molar-refractivity contribution >= 4 is 11.7 Å². The molecule has 0 aliphatic rings. The summed E-state index contributed by atoms with van der Waals surface area (Å²) in [6, 6.07) is 3.25. The quantitative estimate of drug-likeness (QED) is 0.348. The minimum atomic E-state index is -0.154. The molecule has 3 N–H and O–H groups in total. The SMILES string of the molecule is CC(CC(N)=NO)N(C)C(=O)c1cccnc1. The van der Waals surface area contributed by atoms with Gasteiger partial charge in [-0.05, 0) is 19.1 Å². The highest BCUT2D eigenvalue weighted by Crippen LogP contribution is 2.07. The Hall–Kier alpha value is -2.11. The zero-order valence-electron chi connectivity index (χ0n) is 9.87. The van der Waals surface area contributed by atoms with Crippen molar-refractivity contribution in [2.45, 2.75) is 19.4 Å².